The highest BCUT2D eigenvalue weighted by Gasteiger charge is 2.45. The molecule has 2 unspecified atom stereocenters. The number of nitrogens with one attached hydrogen (secondary N) is 1. The molecule has 10 heteroatoms. The van der Waals surface area contributed by atoms with Crippen LogP contribution in [0.15, 0.2) is 6.20 Å². The number of carbonyl (C=O) groups excluding carboxylic acids is 2. The molecule has 0 spiro atoms. The highest BCUT2D eigenvalue weighted by atomic mass is 16.5. The number of amides is 2. The number of β-amino-alcohol motifs (C(OH)–C–C–N with tert-alkyl or cyclic N) is 1. The van der Waals surface area contributed by atoms with Crippen LogP contribution in [0, 0.1) is 5.41 Å². The second-order valence-electron chi connectivity index (χ2n) is 8.98. The second kappa shape index (κ2) is 8.37. The zero-order chi connectivity index (χ0) is 21.3. The Morgan fingerprint density at radius 1 is 1.41 bits per heavy atom. The summed E-state index contributed by atoms with van der Waals surface area (Å²) in [5, 5.41) is 21.0. The lowest BCUT2D eigenvalue weighted by molar-refractivity contribution is -0.144. The van der Waals surface area contributed by atoms with E-state index in [0.29, 0.717) is 12.3 Å². The van der Waals surface area contributed by atoms with Crippen molar-refractivity contribution in [3.05, 3.63) is 11.9 Å². The molecule has 0 aliphatic carbocycles. The minimum Gasteiger partial charge on any atom is -0.391 e. The Morgan fingerprint density at radius 3 is 2.72 bits per heavy atom. The summed E-state index contributed by atoms with van der Waals surface area (Å²) in [4.78, 5) is 27.2. The Hall–Kier alpha value is -2.04. The summed E-state index contributed by atoms with van der Waals surface area (Å²) in [5.74, 6) is -0.563. The molecule has 2 aliphatic heterocycles. The first-order valence-corrected chi connectivity index (χ1v) is 10.1. The summed E-state index contributed by atoms with van der Waals surface area (Å²) in [6.07, 6.45) is 2.91. The molecule has 1 aromatic rings. The minimum atomic E-state index is -0.735. The van der Waals surface area contributed by atoms with Gasteiger partial charge in [-0.3, -0.25) is 9.59 Å². The molecule has 10 nitrogen and oxygen atoms in total. The van der Waals surface area contributed by atoms with E-state index in [4.69, 9.17) is 10.5 Å². The third-order valence-corrected chi connectivity index (χ3v) is 5.66. The number of aromatic nitrogens is 3. The van der Waals surface area contributed by atoms with E-state index in [2.05, 4.69) is 15.6 Å². The van der Waals surface area contributed by atoms with Crippen molar-refractivity contribution in [2.75, 3.05) is 20.2 Å². The van der Waals surface area contributed by atoms with Crippen molar-refractivity contribution in [3.8, 4) is 0 Å². The van der Waals surface area contributed by atoms with Gasteiger partial charge in [-0.2, -0.15) is 0 Å². The number of nitrogens with zero attached hydrogens (tertiary/aromatic N) is 4. The predicted molar refractivity (Wildman–Crippen MR) is 105 cm³/mol. The molecule has 162 valence electrons. The van der Waals surface area contributed by atoms with Gasteiger partial charge in [0.2, 0.25) is 11.8 Å². The Labute approximate surface area is 170 Å². The van der Waals surface area contributed by atoms with Crippen LogP contribution in [0.2, 0.25) is 0 Å². The molecular weight excluding hydrogens is 376 g/mol. The lowest BCUT2D eigenvalue weighted by atomic mass is 9.85. The number of likely N-dealkylation sites (N-methyl/N-ethyl adjacent to an activating group) is 1. The van der Waals surface area contributed by atoms with Crippen molar-refractivity contribution < 1.29 is 19.4 Å². The highest BCUT2D eigenvalue weighted by Crippen LogP contribution is 2.35. The van der Waals surface area contributed by atoms with E-state index in [0.717, 1.165) is 12.8 Å². The second-order valence-corrected chi connectivity index (χ2v) is 8.98. The van der Waals surface area contributed by atoms with Gasteiger partial charge in [-0.25, -0.2) is 4.68 Å². The molecule has 0 aromatic carbocycles. The van der Waals surface area contributed by atoms with Crippen LogP contribution < -0.4 is 11.1 Å². The first kappa shape index (κ1) is 21.7. The van der Waals surface area contributed by atoms with Gasteiger partial charge in [-0.05, 0) is 18.3 Å². The van der Waals surface area contributed by atoms with Gasteiger partial charge in [0.1, 0.15) is 17.8 Å². The van der Waals surface area contributed by atoms with Crippen molar-refractivity contribution in [2.45, 2.75) is 70.4 Å². The molecule has 1 aromatic heterocycles. The summed E-state index contributed by atoms with van der Waals surface area (Å²) < 4.78 is 7.18. The molecule has 4 N–H and O–H groups in total. The minimum absolute atomic E-state index is 0.102. The average Bonchev–Trinajstić information content (AvgIpc) is 3.40. The van der Waals surface area contributed by atoms with E-state index in [9.17, 15) is 14.7 Å². The fourth-order valence-corrected chi connectivity index (χ4v) is 4.16. The monoisotopic (exact) mass is 408 g/mol. The summed E-state index contributed by atoms with van der Waals surface area (Å²) in [6, 6.07) is -1.81. The molecular formula is C19H32N6O4. The lowest BCUT2D eigenvalue weighted by Gasteiger charge is -2.34. The van der Waals surface area contributed by atoms with Crippen molar-refractivity contribution in [3.63, 3.8) is 0 Å². The van der Waals surface area contributed by atoms with Gasteiger partial charge in [0.25, 0.3) is 0 Å². The Morgan fingerprint density at radius 2 is 2.14 bits per heavy atom. The predicted octanol–water partition coefficient (Wildman–Crippen LogP) is -0.248. The van der Waals surface area contributed by atoms with Crippen LogP contribution in [0.5, 0.6) is 0 Å². The summed E-state index contributed by atoms with van der Waals surface area (Å²) in [5.41, 5.74) is 6.37. The third-order valence-electron chi connectivity index (χ3n) is 5.66. The molecule has 2 fully saturated rings. The smallest absolute Gasteiger partial charge is 0.248 e. The maximum atomic E-state index is 13.5. The number of hydrogen-bond donors (Lipinski definition) is 3. The van der Waals surface area contributed by atoms with Gasteiger partial charge < -0.3 is 25.8 Å². The number of nitrogens with two attached hydrogens (primary N) is 1. The average molecular weight is 409 g/mol. The van der Waals surface area contributed by atoms with E-state index in [-0.39, 0.29) is 30.9 Å². The standard InChI is InChI=1S/C19H32N6O4/c1-19(2,3)16(18(28)24-9-11(26)8-13(24)17(27)21-4)25-10-12(22-23-25)15(20)14-6-5-7-29-14/h10-11,13-16,26H,5-9,20H2,1-4H3,(H,21,27)/t11-,13+,14?,15?,16-/m0/s1. The van der Waals surface area contributed by atoms with Gasteiger partial charge in [-0.15, -0.1) is 5.10 Å². The molecule has 29 heavy (non-hydrogen) atoms. The van der Waals surface area contributed by atoms with E-state index in [1.54, 1.807) is 6.20 Å². The summed E-state index contributed by atoms with van der Waals surface area (Å²) in [6.45, 7) is 6.59. The zero-order valence-corrected chi connectivity index (χ0v) is 17.5. The Balaban J connectivity index is 1.87. The van der Waals surface area contributed by atoms with E-state index < -0.39 is 29.6 Å². The third kappa shape index (κ3) is 4.44. The quantitative estimate of drug-likeness (QED) is 0.611. The van der Waals surface area contributed by atoms with Gasteiger partial charge in [0, 0.05) is 26.6 Å². The van der Waals surface area contributed by atoms with Gasteiger partial charge in [0.15, 0.2) is 0 Å². The van der Waals surface area contributed by atoms with Crippen LogP contribution in [0.3, 0.4) is 0 Å². The highest BCUT2D eigenvalue weighted by molar-refractivity contribution is 5.90. The van der Waals surface area contributed by atoms with E-state index in [1.165, 1.54) is 16.6 Å². The summed E-state index contributed by atoms with van der Waals surface area (Å²) in [7, 11) is 1.52. The van der Waals surface area contributed by atoms with Gasteiger partial charge in [0.05, 0.1) is 24.4 Å². The van der Waals surface area contributed by atoms with Crippen molar-refractivity contribution in [2.24, 2.45) is 11.1 Å². The SMILES string of the molecule is CNC(=O)[C@H]1C[C@H](O)CN1C(=O)[C@H](n1cc(C(N)C2CCCO2)nn1)C(C)(C)C. The summed E-state index contributed by atoms with van der Waals surface area (Å²) >= 11 is 0. The fourth-order valence-electron chi connectivity index (χ4n) is 4.16. The van der Waals surface area contributed by atoms with Crippen LogP contribution in [-0.2, 0) is 14.3 Å². The molecule has 0 saturated carbocycles. The molecule has 3 rings (SSSR count). The number of likely N-dealkylation sites (tertiary alicyclic amines) is 1. The molecule has 0 bridgehead atoms. The van der Waals surface area contributed by atoms with E-state index >= 15 is 0 Å². The molecule has 2 aliphatic rings. The molecule has 2 saturated heterocycles. The first-order chi connectivity index (χ1) is 13.6. The maximum Gasteiger partial charge on any atom is 0.248 e. The number of carbonyl (C=O) groups is 2. The fraction of sp³-hybridized carbons (Fsp3) is 0.789. The Bertz CT molecular complexity index is 739. The number of ether oxygens (including phenoxy) is 1. The maximum absolute atomic E-state index is 13.5. The van der Waals surface area contributed by atoms with Crippen LogP contribution in [0.25, 0.3) is 0 Å². The molecule has 5 atom stereocenters. The molecule has 0 radical (unpaired) electrons. The van der Waals surface area contributed by atoms with E-state index in [1.807, 2.05) is 20.8 Å². The van der Waals surface area contributed by atoms with Crippen LogP contribution >= 0.6 is 0 Å². The lowest BCUT2D eigenvalue weighted by Crippen LogP contribution is -2.49. The van der Waals surface area contributed by atoms with Crippen molar-refractivity contribution in [1.82, 2.24) is 25.2 Å². The van der Waals surface area contributed by atoms with Crippen LogP contribution in [-0.4, -0.2) is 75.3 Å². The number of aliphatic hydroxyl groups excluding tert-OH is 1. The topological polar surface area (TPSA) is 136 Å². The number of rotatable bonds is 5. The van der Waals surface area contributed by atoms with Gasteiger partial charge >= 0.3 is 0 Å². The largest absolute Gasteiger partial charge is 0.391 e. The van der Waals surface area contributed by atoms with Crippen LogP contribution in [0.4, 0.5) is 0 Å². The normalized spacial score (nSPS) is 27.1. The number of hydrogen-bond acceptors (Lipinski definition) is 7. The van der Waals surface area contributed by atoms with Crippen molar-refractivity contribution >= 4 is 11.8 Å². The van der Waals surface area contributed by atoms with Gasteiger partial charge in [-0.1, -0.05) is 26.0 Å². The van der Waals surface area contributed by atoms with Crippen LogP contribution in [0.1, 0.15) is 57.8 Å². The Kier molecular flexibility index (Phi) is 6.25. The van der Waals surface area contributed by atoms with Crippen molar-refractivity contribution in [1.29, 1.82) is 0 Å². The first-order valence-electron chi connectivity index (χ1n) is 10.1. The zero-order valence-electron chi connectivity index (χ0n) is 17.5. The molecule has 3 heterocycles. The number of aliphatic hydroxyl groups is 1. The molecule has 2 amide bonds.